The maximum Gasteiger partial charge on any atom is 0.319 e. The minimum absolute atomic E-state index is 0.0604. The molecule has 262 valence electrons. The average Bonchev–Trinajstić information content (AvgIpc) is 3.40. The number of alkyl halides is 2. The van der Waals surface area contributed by atoms with E-state index in [1.54, 1.807) is 6.92 Å². The van der Waals surface area contributed by atoms with Crippen molar-refractivity contribution >= 4 is 60.6 Å². The molecule has 2 aromatic carbocycles. The predicted octanol–water partition coefficient (Wildman–Crippen LogP) is 7.23. The summed E-state index contributed by atoms with van der Waals surface area (Å²) in [5.74, 6) is -4.31. The number of halogens is 6. The molecule has 0 radical (unpaired) electrons. The van der Waals surface area contributed by atoms with Crippen LogP contribution in [0.4, 0.5) is 38.6 Å². The Labute approximate surface area is 292 Å². The third kappa shape index (κ3) is 6.29. The number of fused-ring (bicyclic) bond motifs is 2. The molecule has 1 aliphatic heterocycles. The van der Waals surface area contributed by atoms with Crippen LogP contribution in [0.5, 0.6) is 6.01 Å². The van der Waals surface area contributed by atoms with Gasteiger partial charge in [0.05, 0.1) is 27.6 Å². The second-order valence-corrected chi connectivity index (χ2v) is 14.1. The monoisotopic (exact) mass is 731 g/mol. The fourth-order valence-corrected chi connectivity index (χ4v) is 7.82. The van der Waals surface area contributed by atoms with Gasteiger partial charge in [-0.2, -0.15) is 15.2 Å². The molecule has 0 amide bonds. The molecule has 5 aromatic rings. The van der Waals surface area contributed by atoms with E-state index in [1.807, 2.05) is 24.9 Å². The van der Waals surface area contributed by atoms with Gasteiger partial charge in [-0.3, -0.25) is 4.98 Å². The SMILES string of the molecule is C[C@H](CNc1nc(OC[C@]2(C)CN(C)CC[C@@H]2C(F)F)nc2c(F)c(-c3c(F)cc(F)c4sc(N)c(C#N)c34)c(Cl)cc12)c1nccnc1N. The van der Waals surface area contributed by atoms with E-state index in [0.29, 0.717) is 36.2 Å². The van der Waals surface area contributed by atoms with Crippen LogP contribution in [0.2, 0.25) is 5.02 Å². The Morgan fingerprint density at radius 2 is 1.90 bits per heavy atom. The number of rotatable bonds is 9. The summed E-state index contributed by atoms with van der Waals surface area (Å²) in [6, 6.07) is 3.38. The molecule has 0 aliphatic carbocycles. The number of hydrogen-bond donors (Lipinski definition) is 3. The van der Waals surface area contributed by atoms with Crippen molar-refractivity contribution in [3.63, 3.8) is 0 Å². The molecule has 1 fully saturated rings. The first-order chi connectivity index (χ1) is 23.7. The first-order valence-corrected chi connectivity index (χ1v) is 16.6. The van der Waals surface area contributed by atoms with Crippen LogP contribution < -0.4 is 21.5 Å². The van der Waals surface area contributed by atoms with Gasteiger partial charge in [-0.25, -0.2) is 26.9 Å². The minimum Gasteiger partial charge on any atom is -0.463 e. The number of benzene rings is 2. The summed E-state index contributed by atoms with van der Waals surface area (Å²) in [6.45, 7) is 4.25. The lowest BCUT2D eigenvalue weighted by atomic mass is 9.73. The Balaban J connectivity index is 1.50. The number of piperidine rings is 1. The molecular formula is C33H31ClF5N9OS. The lowest BCUT2D eigenvalue weighted by molar-refractivity contribution is -0.0679. The maximum absolute atomic E-state index is 16.9. The van der Waals surface area contributed by atoms with Crippen molar-refractivity contribution in [2.24, 2.45) is 11.3 Å². The molecule has 0 spiro atoms. The van der Waals surface area contributed by atoms with Gasteiger partial charge in [-0.05, 0) is 26.1 Å². The van der Waals surface area contributed by atoms with Gasteiger partial charge in [0.15, 0.2) is 5.82 Å². The van der Waals surface area contributed by atoms with Crippen molar-refractivity contribution in [1.82, 2.24) is 24.8 Å². The van der Waals surface area contributed by atoms with Gasteiger partial charge in [0.1, 0.15) is 39.9 Å². The third-order valence-corrected chi connectivity index (χ3v) is 10.4. The number of nitriles is 1. The lowest BCUT2D eigenvalue weighted by Crippen LogP contribution is -2.51. The van der Waals surface area contributed by atoms with Crippen molar-refractivity contribution in [3.8, 4) is 23.2 Å². The molecule has 17 heteroatoms. The largest absolute Gasteiger partial charge is 0.463 e. The van der Waals surface area contributed by atoms with Crippen LogP contribution in [0.1, 0.15) is 37.4 Å². The van der Waals surface area contributed by atoms with Crippen LogP contribution >= 0.6 is 22.9 Å². The number of hydrogen-bond acceptors (Lipinski definition) is 11. The summed E-state index contributed by atoms with van der Waals surface area (Å²) >= 11 is 7.37. The number of nitrogen functional groups attached to an aromatic ring is 2. The van der Waals surface area contributed by atoms with Crippen molar-refractivity contribution < 1.29 is 26.7 Å². The number of thiophene rings is 1. The molecule has 0 unspecified atom stereocenters. The first kappa shape index (κ1) is 35.2. The highest BCUT2D eigenvalue weighted by atomic mass is 35.5. The average molecular weight is 732 g/mol. The quantitative estimate of drug-likeness (QED) is 0.133. The summed E-state index contributed by atoms with van der Waals surface area (Å²) in [5, 5.41) is 12.4. The molecule has 5 N–H and O–H groups in total. The van der Waals surface area contributed by atoms with Gasteiger partial charge in [-0.1, -0.05) is 25.4 Å². The molecule has 3 aromatic heterocycles. The van der Waals surface area contributed by atoms with E-state index in [9.17, 15) is 18.4 Å². The standard InChI is InChI=1S/C33H31ClF5N9OS/c1-14(25-29(41)44-6-5-43-25)11-45-31-15-8-18(34)22(23-19(35)9-20(36)27-21(23)16(10-40)30(42)50-27)24(37)26(15)46-32(47-31)49-13-33(2)12-48(3)7-4-17(33)28(38)39/h5-6,8-9,14,17,28H,4,7,11-13,42H2,1-3H3,(H2,41,44)(H,45,46,47)/t14-,17-,33+/m1/s1. The number of nitrogens with zero attached hydrogens (tertiary/aromatic N) is 6. The van der Waals surface area contributed by atoms with E-state index < -0.39 is 46.3 Å². The van der Waals surface area contributed by atoms with Gasteiger partial charge in [0, 0.05) is 70.7 Å². The van der Waals surface area contributed by atoms with E-state index >= 15 is 8.78 Å². The Kier molecular flexibility index (Phi) is 9.59. The lowest BCUT2D eigenvalue weighted by Gasteiger charge is -2.44. The summed E-state index contributed by atoms with van der Waals surface area (Å²) < 4.78 is 81.5. The smallest absolute Gasteiger partial charge is 0.319 e. The number of nitrogens with one attached hydrogen (secondary N) is 1. The highest BCUT2D eigenvalue weighted by molar-refractivity contribution is 7.23. The van der Waals surface area contributed by atoms with Crippen molar-refractivity contribution in [3.05, 3.63) is 58.3 Å². The van der Waals surface area contributed by atoms with Crippen molar-refractivity contribution in [1.29, 1.82) is 5.26 Å². The van der Waals surface area contributed by atoms with E-state index in [2.05, 4.69) is 25.3 Å². The summed E-state index contributed by atoms with van der Waals surface area (Å²) in [4.78, 5) is 19.1. The second kappa shape index (κ2) is 13.6. The fourth-order valence-electron chi connectivity index (χ4n) is 6.60. The van der Waals surface area contributed by atoms with Gasteiger partial charge in [0.2, 0.25) is 6.43 Å². The van der Waals surface area contributed by atoms with Gasteiger partial charge in [0.25, 0.3) is 0 Å². The Hall–Kier alpha value is -4.59. The predicted molar refractivity (Wildman–Crippen MR) is 183 cm³/mol. The normalized spacial score (nSPS) is 18.9. The number of ether oxygens (including phenoxy) is 1. The van der Waals surface area contributed by atoms with Crippen molar-refractivity contribution in [2.45, 2.75) is 32.6 Å². The molecule has 4 heterocycles. The Morgan fingerprint density at radius 3 is 2.60 bits per heavy atom. The van der Waals surface area contributed by atoms with Gasteiger partial charge >= 0.3 is 6.01 Å². The molecule has 3 atom stereocenters. The Bertz CT molecular complexity index is 2160. The van der Waals surface area contributed by atoms with Crippen LogP contribution in [0.3, 0.4) is 0 Å². The van der Waals surface area contributed by atoms with E-state index in [1.165, 1.54) is 18.5 Å². The maximum atomic E-state index is 16.9. The molecule has 1 aliphatic rings. The summed E-state index contributed by atoms with van der Waals surface area (Å²) in [7, 11) is 1.82. The van der Waals surface area contributed by atoms with Gasteiger partial charge < -0.3 is 26.4 Å². The van der Waals surface area contributed by atoms with E-state index in [0.717, 1.165) is 0 Å². The first-order valence-electron chi connectivity index (χ1n) is 15.4. The zero-order valence-corrected chi connectivity index (χ0v) is 28.6. The van der Waals surface area contributed by atoms with Gasteiger partial charge in [-0.15, -0.1) is 11.3 Å². The third-order valence-electron chi connectivity index (χ3n) is 9.10. The van der Waals surface area contributed by atoms with Crippen LogP contribution in [0.15, 0.2) is 24.5 Å². The number of aromatic nitrogens is 4. The van der Waals surface area contributed by atoms with Crippen LogP contribution in [-0.4, -0.2) is 64.6 Å². The Morgan fingerprint density at radius 1 is 1.16 bits per heavy atom. The van der Waals surface area contributed by atoms with Crippen LogP contribution in [-0.2, 0) is 0 Å². The molecule has 6 rings (SSSR count). The van der Waals surface area contributed by atoms with Crippen molar-refractivity contribution in [2.75, 3.05) is 50.1 Å². The summed E-state index contributed by atoms with van der Waals surface area (Å²) in [6.07, 6.45) is 0.587. The molecule has 1 saturated heterocycles. The van der Waals surface area contributed by atoms with Crippen LogP contribution in [0, 0.1) is 40.1 Å². The van der Waals surface area contributed by atoms with Crippen LogP contribution in [0.25, 0.3) is 32.1 Å². The van der Waals surface area contributed by atoms with E-state index in [-0.39, 0.29) is 79.7 Å². The molecule has 0 saturated carbocycles. The highest BCUT2D eigenvalue weighted by Crippen LogP contribution is 2.47. The molecule has 0 bridgehead atoms. The number of nitrogens with two attached hydrogens (primary N) is 2. The highest BCUT2D eigenvalue weighted by Gasteiger charge is 2.44. The molecule has 50 heavy (non-hydrogen) atoms. The second-order valence-electron chi connectivity index (χ2n) is 12.7. The number of anilines is 3. The molecular weight excluding hydrogens is 701 g/mol. The topological polar surface area (TPSA) is 152 Å². The zero-order valence-electron chi connectivity index (χ0n) is 27.0. The minimum atomic E-state index is -2.60. The summed E-state index contributed by atoms with van der Waals surface area (Å²) in [5.41, 5.74) is 9.88. The fraction of sp³-hybridized carbons (Fsp3) is 0.364. The van der Waals surface area contributed by atoms with E-state index in [4.69, 9.17) is 27.8 Å². The zero-order chi connectivity index (χ0) is 36.1. The number of likely N-dealkylation sites (tertiary alicyclic amines) is 1. The molecule has 10 nitrogen and oxygen atoms in total.